The molecule has 0 unspecified atom stereocenters. The van der Waals surface area contributed by atoms with Crippen LogP contribution in [0.1, 0.15) is 5.56 Å². The Labute approximate surface area is 141 Å². The molecule has 0 saturated heterocycles. The molecule has 0 aliphatic rings. The van der Waals surface area contributed by atoms with E-state index in [0.29, 0.717) is 0 Å². The molecule has 2 aromatic carbocycles. The summed E-state index contributed by atoms with van der Waals surface area (Å²) in [5.74, 6) is 1.52. The second kappa shape index (κ2) is 8.19. The summed E-state index contributed by atoms with van der Waals surface area (Å²) in [6.45, 7) is 0.814. The second-order valence-electron chi connectivity index (χ2n) is 4.88. The van der Waals surface area contributed by atoms with Crippen molar-refractivity contribution in [1.29, 1.82) is 0 Å². The largest absolute Gasteiger partial charge is 0.494 e. The Morgan fingerprint density at radius 2 is 1.78 bits per heavy atom. The Balaban J connectivity index is 0.00000192. The maximum absolute atomic E-state index is 5.34. The first-order chi connectivity index (χ1) is 10.9. The van der Waals surface area contributed by atoms with E-state index in [9.17, 15) is 0 Å². The third-order valence-corrected chi connectivity index (χ3v) is 3.39. The molecule has 23 heavy (non-hydrogen) atoms. The average Bonchev–Trinajstić information content (AvgIpc) is 3.04. The standard InChI is InChI=1S/C17H18N4O.ClH/c1-22-16-10-6-5-9-15(16)21-13-17(19-20-21)18-12-11-14-7-3-2-4-8-14;/h2-10,13,18H,11-12H2,1H3;1H. The molecule has 0 amide bonds. The summed E-state index contributed by atoms with van der Waals surface area (Å²) in [5, 5.41) is 11.6. The van der Waals surface area contributed by atoms with Crippen molar-refractivity contribution >= 4 is 18.2 Å². The van der Waals surface area contributed by atoms with Crippen LogP contribution in [0.3, 0.4) is 0 Å². The van der Waals surface area contributed by atoms with E-state index in [-0.39, 0.29) is 12.4 Å². The van der Waals surface area contributed by atoms with Gasteiger partial charge in [-0.25, -0.2) is 4.68 Å². The highest BCUT2D eigenvalue weighted by molar-refractivity contribution is 5.85. The predicted molar refractivity (Wildman–Crippen MR) is 93.8 cm³/mol. The maximum atomic E-state index is 5.34. The number of ether oxygens (including phenoxy) is 1. The van der Waals surface area contributed by atoms with Crippen LogP contribution >= 0.6 is 12.4 Å². The molecule has 3 aromatic rings. The molecule has 0 fully saturated rings. The minimum atomic E-state index is 0. The molecule has 3 rings (SSSR count). The number of rotatable bonds is 6. The fourth-order valence-corrected chi connectivity index (χ4v) is 2.26. The average molecular weight is 331 g/mol. The number of halogens is 1. The van der Waals surface area contributed by atoms with Gasteiger partial charge in [0.1, 0.15) is 11.4 Å². The van der Waals surface area contributed by atoms with E-state index in [1.54, 1.807) is 11.8 Å². The van der Waals surface area contributed by atoms with Gasteiger partial charge in [-0.05, 0) is 24.1 Å². The van der Waals surface area contributed by atoms with Gasteiger partial charge in [0.2, 0.25) is 0 Å². The maximum Gasteiger partial charge on any atom is 0.169 e. The lowest BCUT2D eigenvalue weighted by Crippen LogP contribution is -2.04. The summed E-state index contributed by atoms with van der Waals surface area (Å²) < 4.78 is 7.05. The first-order valence-electron chi connectivity index (χ1n) is 7.20. The fourth-order valence-electron chi connectivity index (χ4n) is 2.26. The Morgan fingerprint density at radius 1 is 1.04 bits per heavy atom. The van der Waals surface area contributed by atoms with E-state index in [2.05, 4.69) is 27.8 Å². The fraction of sp³-hybridized carbons (Fsp3) is 0.176. The zero-order chi connectivity index (χ0) is 15.2. The molecule has 0 radical (unpaired) electrons. The van der Waals surface area contributed by atoms with Gasteiger partial charge in [0.05, 0.1) is 13.3 Å². The molecule has 1 N–H and O–H groups in total. The molecule has 1 heterocycles. The van der Waals surface area contributed by atoms with Gasteiger partial charge in [-0.15, -0.1) is 17.5 Å². The lowest BCUT2D eigenvalue weighted by Gasteiger charge is -2.06. The Kier molecular flexibility index (Phi) is 6.00. The Bertz CT molecular complexity index is 730. The van der Waals surface area contributed by atoms with Gasteiger partial charge in [-0.1, -0.05) is 47.7 Å². The molecule has 0 aliphatic carbocycles. The number of nitrogens with one attached hydrogen (secondary N) is 1. The SMILES string of the molecule is COc1ccccc1-n1cc(NCCc2ccccc2)nn1.Cl. The van der Waals surface area contributed by atoms with Gasteiger partial charge in [0.25, 0.3) is 0 Å². The molecule has 6 heteroatoms. The van der Waals surface area contributed by atoms with Crippen molar-refractivity contribution in [2.45, 2.75) is 6.42 Å². The normalized spacial score (nSPS) is 9.96. The summed E-state index contributed by atoms with van der Waals surface area (Å²) in [6.07, 6.45) is 2.81. The van der Waals surface area contributed by atoms with Crippen molar-refractivity contribution in [3.05, 3.63) is 66.4 Å². The molecule has 1 aromatic heterocycles. The second-order valence-corrected chi connectivity index (χ2v) is 4.88. The molecule has 5 nitrogen and oxygen atoms in total. The van der Waals surface area contributed by atoms with Crippen molar-refractivity contribution in [3.63, 3.8) is 0 Å². The number of benzene rings is 2. The first kappa shape index (κ1) is 16.8. The highest BCUT2D eigenvalue weighted by Gasteiger charge is 2.07. The van der Waals surface area contributed by atoms with Crippen LogP contribution in [0.25, 0.3) is 5.69 Å². The smallest absolute Gasteiger partial charge is 0.169 e. The number of aromatic nitrogens is 3. The zero-order valence-electron chi connectivity index (χ0n) is 12.8. The van der Waals surface area contributed by atoms with Gasteiger partial charge in [-0.3, -0.25) is 0 Å². The molecule has 0 bridgehead atoms. The van der Waals surface area contributed by atoms with Gasteiger partial charge in [0.15, 0.2) is 5.82 Å². The highest BCUT2D eigenvalue weighted by atomic mass is 35.5. The van der Waals surface area contributed by atoms with Crippen molar-refractivity contribution in [2.24, 2.45) is 0 Å². The molecular formula is C17H19ClN4O. The number of hydrogen-bond donors (Lipinski definition) is 1. The lowest BCUT2D eigenvalue weighted by atomic mass is 10.1. The minimum absolute atomic E-state index is 0. The van der Waals surface area contributed by atoms with Crippen LogP contribution in [-0.4, -0.2) is 28.6 Å². The first-order valence-corrected chi connectivity index (χ1v) is 7.20. The van der Waals surface area contributed by atoms with Crippen LogP contribution in [0, 0.1) is 0 Å². The summed E-state index contributed by atoms with van der Waals surface area (Å²) >= 11 is 0. The highest BCUT2D eigenvalue weighted by Crippen LogP contribution is 2.21. The van der Waals surface area contributed by atoms with Crippen LogP contribution in [0.5, 0.6) is 5.75 Å². The van der Waals surface area contributed by atoms with Gasteiger partial charge in [-0.2, -0.15) is 0 Å². The van der Waals surface area contributed by atoms with Crippen molar-refractivity contribution < 1.29 is 4.74 Å². The Morgan fingerprint density at radius 3 is 2.57 bits per heavy atom. The van der Waals surface area contributed by atoms with E-state index >= 15 is 0 Å². The van der Waals surface area contributed by atoms with Crippen molar-refractivity contribution in [3.8, 4) is 11.4 Å². The summed E-state index contributed by atoms with van der Waals surface area (Å²) in [5.41, 5.74) is 2.17. The van der Waals surface area contributed by atoms with E-state index in [1.165, 1.54) is 5.56 Å². The summed E-state index contributed by atoms with van der Waals surface area (Å²) in [7, 11) is 1.65. The number of nitrogens with zero attached hydrogens (tertiary/aromatic N) is 3. The number of anilines is 1. The van der Waals surface area contributed by atoms with Gasteiger partial charge < -0.3 is 10.1 Å². The molecule has 120 valence electrons. The molecule has 0 atom stereocenters. The number of hydrogen-bond acceptors (Lipinski definition) is 4. The molecule has 0 saturated carbocycles. The minimum Gasteiger partial charge on any atom is -0.494 e. The topological polar surface area (TPSA) is 52.0 Å². The number of methoxy groups -OCH3 is 1. The third kappa shape index (κ3) is 4.23. The third-order valence-electron chi connectivity index (χ3n) is 3.39. The van der Waals surface area contributed by atoms with Crippen LogP contribution in [0.2, 0.25) is 0 Å². The predicted octanol–water partition coefficient (Wildman–Crippen LogP) is 3.35. The summed E-state index contributed by atoms with van der Waals surface area (Å²) in [4.78, 5) is 0. The van der Waals surface area contributed by atoms with Crippen LogP contribution in [0.15, 0.2) is 60.8 Å². The van der Waals surface area contributed by atoms with Crippen LogP contribution in [0.4, 0.5) is 5.82 Å². The Hall–Kier alpha value is -2.53. The molecular weight excluding hydrogens is 312 g/mol. The van der Waals surface area contributed by atoms with Crippen LogP contribution < -0.4 is 10.1 Å². The van der Waals surface area contributed by atoms with E-state index < -0.39 is 0 Å². The van der Waals surface area contributed by atoms with Gasteiger partial charge >= 0.3 is 0 Å². The lowest BCUT2D eigenvalue weighted by molar-refractivity contribution is 0.411. The van der Waals surface area contributed by atoms with E-state index in [0.717, 1.165) is 30.2 Å². The number of para-hydroxylation sites is 2. The van der Waals surface area contributed by atoms with Gasteiger partial charge in [0, 0.05) is 6.54 Å². The quantitative estimate of drug-likeness (QED) is 0.753. The molecule has 0 aliphatic heterocycles. The van der Waals surface area contributed by atoms with Crippen molar-refractivity contribution in [2.75, 3.05) is 19.0 Å². The van der Waals surface area contributed by atoms with E-state index in [4.69, 9.17) is 4.74 Å². The zero-order valence-corrected chi connectivity index (χ0v) is 13.7. The van der Waals surface area contributed by atoms with E-state index in [1.807, 2.05) is 48.7 Å². The summed E-state index contributed by atoms with van der Waals surface area (Å²) in [6, 6.07) is 18.1. The van der Waals surface area contributed by atoms with Crippen molar-refractivity contribution in [1.82, 2.24) is 15.0 Å². The molecule has 0 spiro atoms. The monoisotopic (exact) mass is 330 g/mol. The van der Waals surface area contributed by atoms with Crippen LogP contribution in [-0.2, 0) is 6.42 Å².